The summed E-state index contributed by atoms with van der Waals surface area (Å²) in [6.07, 6.45) is 2.44. The largest absolute Gasteiger partial charge is 0.372 e. The Morgan fingerprint density at radius 1 is 1.16 bits per heavy atom. The van der Waals surface area contributed by atoms with Crippen LogP contribution >= 0.6 is 0 Å². The van der Waals surface area contributed by atoms with E-state index in [1.807, 2.05) is 12.1 Å². The van der Waals surface area contributed by atoms with Gasteiger partial charge in [-0.05, 0) is 37.1 Å². The maximum Gasteiger partial charge on any atom is 0.299 e. The third kappa shape index (κ3) is 4.09. The SMILES string of the molecule is NCCNS(=O)(=O)Nc1ccc(N2CCCC2)cc1. The van der Waals surface area contributed by atoms with E-state index in [4.69, 9.17) is 5.73 Å². The normalized spacial score (nSPS) is 15.7. The Kier molecular flexibility index (Phi) is 4.62. The highest BCUT2D eigenvalue weighted by molar-refractivity contribution is 7.90. The summed E-state index contributed by atoms with van der Waals surface area (Å²) in [5.74, 6) is 0. The summed E-state index contributed by atoms with van der Waals surface area (Å²) < 4.78 is 28.0. The maximum absolute atomic E-state index is 11.6. The minimum absolute atomic E-state index is 0.223. The second kappa shape index (κ2) is 6.23. The Morgan fingerprint density at radius 3 is 2.37 bits per heavy atom. The molecule has 0 aromatic heterocycles. The molecule has 0 unspecified atom stereocenters. The molecule has 6 nitrogen and oxygen atoms in total. The van der Waals surface area contributed by atoms with Crippen molar-refractivity contribution in [3.63, 3.8) is 0 Å². The van der Waals surface area contributed by atoms with E-state index >= 15 is 0 Å². The van der Waals surface area contributed by atoms with Gasteiger partial charge in [0.1, 0.15) is 0 Å². The molecule has 19 heavy (non-hydrogen) atoms. The molecule has 0 atom stereocenters. The zero-order valence-corrected chi connectivity index (χ0v) is 11.6. The first-order valence-electron chi connectivity index (χ1n) is 6.43. The van der Waals surface area contributed by atoms with Crippen LogP contribution in [0.15, 0.2) is 24.3 Å². The second-order valence-corrected chi connectivity index (χ2v) is 6.03. The molecule has 0 radical (unpaired) electrons. The highest BCUT2D eigenvalue weighted by atomic mass is 32.2. The summed E-state index contributed by atoms with van der Waals surface area (Å²) in [6, 6.07) is 7.42. The predicted molar refractivity (Wildman–Crippen MR) is 77.5 cm³/mol. The van der Waals surface area contributed by atoms with Crippen molar-refractivity contribution in [2.45, 2.75) is 12.8 Å². The van der Waals surface area contributed by atoms with Crippen LogP contribution in [0.1, 0.15) is 12.8 Å². The fourth-order valence-corrected chi connectivity index (χ4v) is 3.01. The Morgan fingerprint density at radius 2 is 1.79 bits per heavy atom. The van der Waals surface area contributed by atoms with Gasteiger partial charge in [-0.1, -0.05) is 0 Å². The van der Waals surface area contributed by atoms with Gasteiger partial charge >= 0.3 is 0 Å². The molecule has 0 spiro atoms. The Balaban J connectivity index is 1.98. The van der Waals surface area contributed by atoms with E-state index in [-0.39, 0.29) is 13.1 Å². The van der Waals surface area contributed by atoms with Crippen LogP contribution in [0.4, 0.5) is 11.4 Å². The van der Waals surface area contributed by atoms with Crippen LogP contribution in [-0.4, -0.2) is 34.6 Å². The van der Waals surface area contributed by atoms with E-state index in [2.05, 4.69) is 14.3 Å². The van der Waals surface area contributed by atoms with Crippen molar-refractivity contribution in [1.82, 2.24) is 4.72 Å². The maximum atomic E-state index is 11.6. The molecule has 1 aromatic carbocycles. The van der Waals surface area contributed by atoms with Crippen LogP contribution in [0.2, 0.25) is 0 Å². The van der Waals surface area contributed by atoms with Crippen molar-refractivity contribution in [3.05, 3.63) is 24.3 Å². The van der Waals surface area contributed by atoms with Crippen LogP contribution in [0.5, 0.6) is 0 Å². The minimum Gasteiger partial charge on any atom is -0.372 e. The van der Waals surface area contributed by atoms with Crippen molar-refractivity contribution < 1.29 is 8.42 Å². The van der Waals surface area contributed by atoms with Crippen LogP contribution < -0.4 is 20.1 Å². The quantitative estimate of drug-likeness (QED) is 0.709. The first-order chi connectivity index (χ1) is 9.11. The topological polar surface area (TPSA) is 87.5 Å². The summed E-state index contributed by atoms with van der Waals surface area (Å²) >= 11 is 0. The monoisotopic (exact) mass is 284 g/mol. The van der Waals surface area contributed by atoms with Crippen LogP contribution in [0.3, 0.4) is 0 Å². The smallest absolute Gasteiger partial charge is 0.299 e. The molecule has 1 saturated heterocycles. The average molecular weight is 284 g/mol. The summed E-state index contributed by atoms with van der Waals surface area (Å²) in [5.41, 5.74) is 6.94. The molecule has 4 N–H and O–H groups in total. The van der Waals surface area contributed by atoms with Crippen molar-refractivity contribution >= 4 is 21.6 Å². The van der Waals surface area contributed by atoms with Crippen LogP contribution in [0.25, 0.3) is 0 Å². The standard InChI is InChI=1S/C12H20N4O2S/c13-7-8-14-19(17,18)15-11-3-5-12(6-4-11)16-9-1-2-10-16/h3-6,14-15H,1-2,7-10,13H2. The molecule has 1 aliphatic heterocycles. The molecular weight excluding hydrogens is 264 g/mol. The molecule has 0 amide bonds. The number of nitrogens with zero attached hydrogens (tertiary/aromatic N) is 1. The van der Waals surface area contributed by atoms with Gasteiger partial charge in [0.05, 0.1) is 0 Å². The van der Waals surface area contributed by atoms with Gasteiger partial charge in [0.2, 0.25) is 0 Å². The lowest BCUT2D eigenvalue weighted by Gasteiger charge is -2.18. The fourth-order valence-electron chi connectivity index (χ4n) is 2.10. The summed E-state index contributed by atoms with van der Waals surface area (Å²) in [5, 5.41) is 0. The molecule has 1 heterocycles. The van der Waals surface area contributed by atoms with Crippen molar-refractivity contribution in [1.29, 1.82) is 0 Å². The number of anilines is 2. The number of benzene rings is 1. The lowest BCUT2D eigenvalue weighted by Crippen LogP contribution is -2.33. The van der Waals surface area contributed by atoms with Gasteiger partial charge in [-0.2, -0.15) is 13.1 Å². The first-order valence-corrected chi connectivity index (χ1v) is 7.91. The van der Waals surface area contributed by atoms with Crippen molar-refractivity contribution in [2.75, 3.05) is 35.8 Å². The molecule has 7 heteroatoms. The van der Waals surface area contributed by atoms with Gasteiger partial charge in [0, 0.05) is 37.6 Å². The lowest BCUT2D eigenvalue weighted by atomic mass is 10.2. The zero-order valence-electron chi connectivity index (χ0n) is 10.8. The molecule has 0 aliphatic carbocycles. The summed E-state index contributed by atoms with van der Waals surface area (Å²) in [4.78, 5) is 2.30. The molecule has 1 aliphatic rings. The number of nitrogens with two attached hydrogens (primary N) is 1. The number of nitrogens with one attached hydrogen (secondary N) is 2. The summed E-state index contributed by atoms with van der Waals surface area (Å²) in [6.45, 7) is 2.64. The van der Waals surface area contributed by atoms with E-state index in [9.17, 15) is 8.42 Å². The van der Waals surface area contributed by atoms with E-state index in [1.165, 1.54) is 12.8 Å². The number of hydrogen-bond acceptors (Lipinski definition) is 4. The van der Waals surface area contributed by atoms with E-state index in [0.29, 0.717) is 5.69 Å². The molecule has 0 saturated carbocycles. The second-order valence-electron chi connectivity index (χ2n) is 4.53. The molecular formula is C12H20N4O2S. The predicted octanol–water partition coefficient (Wildman–Crippen LogP) is 0.492. The third-order valence-corrected chi connectivity index (χ3v) is 4.12. The van der Waals surface area contributed by atoms with Gasteiger partial charge in [-0.15, -0.1) is 0 Å². The van der Waals surface area contributed by atoms with Gasteiger partial charge in [0.25, 0.3) is 10.2 Å². The van der Waals surface area contributed by atoms with Gasteiger partial charge in [-0.25, -0.2) is 0 Å². The Hall–Kier alpha value is -1.31. The highest BCUT2D eigenvalue weighted by Gasteiger charge is 2.13. The molecule has 106 valence electrons. The van der Waals surface area contributed by atoms with E-state index in [0.717, 1.165) is 18.8 Å². The number of hydrogen-bond donors (Lipinski definition) is 3. The molecule has 1 aromatic rings. The number of rotatable bonds is 6. The summed E-state index contributed by atoms with van der Waals surface area (Å²) in [7, 11) is -3.52. The first kappa shape index (κ1) is 14.1. The highest BCUT2D eigenvalue weighted by Crippen LogP contribution is 2.22. The van der Waals surface area contributed by atoms with Gasteiger partial charge < -0.3 is 10.6 Å². The molecule has 0 bridgehead atoms. The van der Waals surface area contributed by atoms with E-state index in [1.54, 1.807) is 12.1 Å². The van der Waals surface area contributed by atoms with Crippen molar-refractivity contribution in [3.8, 4) is 0 Å². The lowest BCUT2D eigenvalue weighted by molar-refractivity contribution is 0.587. The van der Waals surface area contributed by atoms with Gasteiger partial charge in [-0.3, -0.25) is 4.72 Å². The van der Waals surface area contributed by atoms with Crippen molar-refractivity contribution in [2.24, 2.45) is 5.73 Å². The third-order valence-electron chi connectivity index (χ3n) is 3.03. The van der Waals surface area contributed by atoms with E-state index < -0.39 is 10.2 Å². The Bertz CT molecular complexity index is 495. The zero-order chi connectivity index (χ0) is 13.7. The van der Waals surface area contributed by atoms with Crippen LogP contribution in [-0.2, 0) is 10.2 Å². The van der Waals surface area contributed by atoms with Gasteiger partial charge in [0.15, 0.2) is 0 Å². The average Bonchev–Trinajstić information content (AvgIpc) is 2.91. The molecule has 2 rings (SSSR count). The Labute approximate surface area is 114 Å². The molecule has 1 fully saturated rings. The fraction of sp³-hybridized carbons (Fsp3) is 0.500. The minimum atomic E-state index is -3.52. The van der Waals surface area contributed by atoms with Crippen LogP contribution in [0, 0.1) is 0 Å².